The van der Waals surface area contributed by atoms with E-state index in [4.69, 9.17) is 4.74 Å². The lowest BCUT2D eigenvalue weighted by Gasteiger charge is -2.02. The molecule has 0 saturated heterocycles. The molecule has 0 atom stereocenters. The summed E-state index contributed by atoms with van der Waals surface area (Å²) in [4.78, 5) is 9.28. The first-order valence-electron chi connectivity index (χ1n) is 2.86. The van der Waals surface area contributed by atoms with Gasteiger partial charge in [-0.2, -0.15) is 0 Å². The monoisotopic (exact) mass is 146 g/mol. The van der Waals surface area contributed by atoms with Crippen LogP contribution in [0.5, 0.6) is 0 Å². The van der Waals surface area contributed by atoms with Gasteiger partial charge < -0.3 is 10.1 Å². The Morgan fingerprint density at radius 2 is 2.50 bits per heavy atom. The van der Waals surface area contributed by atoms with Crippen molar-refractivity contribution >= 4 is 0 Å². The fourth-order valence-corrected chi connectivity index (χ4v) is 0.425. The number of nitro groups is 1. The van der Waals surface area contributed by atoms with Crippen LogP contribution in [0.15, 0.2) is 12.1 Å². The lowest BCUT2D eigenvalue weighted by molar-refractivity contribution is -0.405. The van der Waals surface area contributed by atoms with Crippen molar-refractivity contribution in [2.24, 2.45) is 0 Å². The number of nitrogens with one attached hydrogen (secondary N) is 1. The molecule has 0 aromatic rings. The molecule has 0 aromatic heterocycles. The van der Waals surface area contributed by atoms with E-state index in [1.54, 1.807) is 14.0 Å². The van der Waals surface area contributed by atoms with Crippen molar-refractivity contribution in [1.29, 1.82) is 0 Å². The average Bonchev–Trinajstić information content (AvgIpc) is 1.86. The number of ether oxygens (including phenoxy) is 1. The van der Waals surface area contributed by atoms with E-state index in [0.29, 0.717) is 6.61 Å². The van der Waals surface area contributed by atoms with Gasteiger partial charge in [0.25, 0.3) is 12.1 Å². The van der Waals surface area contributed by atoms with Crippen LogP contribution < -0.4 is 5.32 Å². The Labute approximate surface area is 58.8 Å². The minimum Gasteiger partial charge on any atom is -0.475 e. The van der Waals surface area contributed by atoms with Gasteiger partial charge in [-0.05, 0) is 6.92 Å². The van der Waals surface area contributed by atoms with E-state index in [9.17, 15) is 10.1 Å². The number of hydrogen-bond donors (Lipinski definition) is 1. The average molecular weight is 146 g/mol. The lowest BCUT2D eigenvalue weighted by Crippen LogP contribution is -2.11. The molecule has 10 heavy (non-hydrogen) atoms. The number of rotatable bonds is 4. The van der Waals surface area contributed by atoms with Gasteiger partial charge in [0.2, 0.25) is 0 Å². The first-order chi connectivity index (χ1) is 4.70. The van der Waals surface area contributed by atoms with Crippen LogP contribution in [0.1, 0.15) is 6.92 Å². The third-order valence-corrected chi connectivity index (χ3v) is 0.769. The van der Waals surface area contributed by atoms with Gasteiger partial charge in [0.15, 0.2) is 0 Å². The Morgan fingerprint density at radius 1 is 1.90 bits per heavy atom. The van der Waals surface area contributed by atoms with Crippen LogP contribution >= 0.6 is 0 Å². The van der Waals surface area contributed by atoms with Gasteiger partial charge in [-0.1, -0.05) is 0 Å². The van der Waals surface area contributed by atoms with Gasteiger partial charge in [-0.25, -0.2) is 0 Å². The highest BCUT2D eigenvalue weighted by atomic mass is 16.6. The third kappa shape index (κ3) is 3.71. The summed E-state index contributed by atoms with van der Waals surface area (Å²) >= 11 is 0. The molecule has 0 unspecified atom stereocenters. The first kappa shape index (κ1) is 8.74. The van der Waals surface area contributed by atoms with E-state index in [1.165, 1.54) is 0 Å². The van der Waals surface area contributed by atoms with E-state index < -0.39 is 4.92 Å². The summed E-state index contributed by atoms with van der Waals surface area (Å²) in [5.74, 6) is 0.174. The highest BCUT2D eigenvalue weighted by Gasteiger charge is 1.97. The Kier molecular flexibility index (Phi) is 4.02. The van der Waals surface area contributed by atoms with E-state index in [1.807, 2.05) is 0 Å². The van der Waals surface area contributed by atoms with Crippen molar-refractivity contribution in [2.45, 2.75) is 6.92 Å². The van der Waals surface area contributed by atoms with Crippen molar-refractivity contribution in [1.82, 2.24) is 5.32 Å². The summed E-state index contributed by atoms with van der Waals surface area (Å²) in [5, 5.41) is 12.4. The van der Waals surface area contributed by atoms with E-state index in [-0.39, 0.29) is 5.88 Å². The molecule has 58 valence electrons. The number of nitrogens with zero attached hydrogens (tertiary/aromatic N) is 1. The fourth-order valence-electron chi connectivity index (χ4n) is 0.425. The summed E-state index contributed by atoms with van der Waals surface area (Å²) in [7, 11) is 1.56. The molecule has 0 fully saturated rings. The summed E-state index contributed by atoms with van der Waals surface area (Å²) in [5.41, 5.74) is 0. The second-order valence-electron chi connectivity index (χ2n) is 1.46. The molecule has 1 N–H and O–H groups in total. The van der Waals surface area contributed by atoms with Gasteiger partial charge in [0, 0.05) is 7.05 Å². The van der Waals surface area contributed by atoms with Crippen molar-refractivity contribution < 1.29 is 9.66 Å². The highest BCUT2D eigenvalue weighted by Crippen LogP contribution is 1.89. The van der Waals surface area contributed by atoms with Crippen LogP contribution in [-0.2, 0) is 4.74 Å². The van der Waals surface area contributed by atoms with Crippen LogP contribution in [0.3, 0.4) is 0 Å². The molecule has 0 saturated carbocycles. The lowest BCUT2D eigenvalue weighted by atomic mass is 10.7. The molecule has 0 heterocycles. The SMILES string of the molecule is CCOC(=C[N+](=O)[O-])NC. The van der Waals surface area contributed by atoms with Crippen LogP contribution in [0.4, 0.5) is 0 Å². The molecule has 0 aliphatic heterocycles. The van der Waals surface area contributed by atoms with E-state index in [0.717, 1.165) is 6.20 Å². The zero-order valence-corrected chi connectivity index (χ0v) is 5.96. The minimum absolute atomic E-state index is 0.174. The minimum atomic E-state index is -0.568. The highest BCUT2D eigenvalue weighted by molar-refractivity contribution is 4.80. The predicted octanol–water partition coefficient (Wildman–Crippen LogP) is 0.318. The maximum atomic E-state index is 9.85. The molecule has 5 heteroatoms. The molecule has 0 radical (unpaired) electrons. The summed E-state index contributed by atoms with van der Waals surface area (Å²) in [6, 6.07) is 0. The number of hydrogen-bond acceptors (Lipinski definition) is 4. The van der Waals surface area contributed by atoms with E-state index >= 15 is 0 Å². The van der Waals surface area contributed by atoms with E-state index in [2.05, 4.69) is 5.32 Å². The van der Waals surface area contributed by atoms with Crippen molar-refractivity contribution in [3.8, 4) is 0 Å². The third-order valence-electron chi connectivity index (χ3n) is 0.769. The van der Waals surface area contributed by atoms with Crippen LogP contribution in [0.25, 0.3) is 0 Å². The second-order valence-corrected chi connectivity index (χ2v) is 1.46. The van der Waals surface area contributed by atoms with Gasteiger partial charge in [0.05, 0.1) is 11.5 Å². The van der Waals surface area contributed by atoms with Crippen molar-refractivity contribution in [3.63, 3.8) is 0 Å². The zero-order valence-electron chi connectivity index (χ0n) is 5.96. The molecule has 0 aliphatic carbocycles. The molecule has 0 aromatic carbocycles. The normalized spacial score (nSPS) is 10.8. The maximum absolute atomic E-state index is 9.85. The smallest absolute Gasteiger partial charge is 0.293 e. The molecule has 0 aliphatic rings. The molecule has 0 rings (SSSR count). The predicted molar refractivity (Wildman–Crippen MR) is 35.8 cm³/mol. The van der Waals surface area contributed by atoms with Crippen molar-refractivity contribution in [2.75, 3.05) is 13.7 Å². The second kappa shape index (κ2) is 4.60. The van der Waals surface area contributed by atoms with Gasteiger partial charge in [-0.3, -0.25) is 10.1 Å². The summed E-state index contributed by atoms with van der Waals surface area (Å²) in [6.45, 7) is 2.17. The fraction of sp³-hybridized carbons (Fsp3) is 0.600. The molecule has 0 spiro atoms. The van der Waals surface area contributed by atoms with Crippen LogP contribution in [-0.4, -0.2) is 18.6 Å². The van der Waals surface area contributed by atoms with Gasteiger partial charge in [0.1, 0.15) is 0 Å². The van der Waals surface area contributed by atoms with Gasteiger partial charge >= 0.3 is 0 Å². The van der Waals surface area contributed by atoms with Crippen molar-refractivity contribution in [3.05, 3.63) is 22.2 Å². The molecular formula is C5H10N2O3. The Hall–Kier alpha value is -1.26. The topological polar surface area (TPSA) is 64.4 Å². The zero-order chi connectivity index (χ0) is 7.98. The summed E-state index contributed by atoms with van der Waals surface area (Å²) in [6.07, 6.45) is 0.781. The quantitative estimate of drug-likeness (QED) is 0.352. The molecule has 0 bridgehead atoms. The Morgan fingerprint density at radius 3 is 2.80 bits per heavy atom. The van der Waals surface area contributed by atoms with Crippen LogP contribution in [0.2, 0.25) is 0 Å². The first-order valence-corrected chi connectivity index (χ1v) is 2.86. The standard InChI is InChI=1S/C5H10N2O3/c1-3-10-5(6-2)4-7(8)9/h4,6H,3H2,1-2H3. The largest absolute Gasteiger partial charge is 0.475 e. The maximum Gasteiger partial charge on any atom is 0.293 e. The van der Waals surface area contributed by atoms with Gasteiger partial charge in [-0.15, -0.1) is 0 Å². The Balaban J connectivity index is 3.91. The molecule has 0 amide bonds. The Bertz CT molecular complexity index is 144. The van der Waals surface area contributed by atoms with Crippen LogP contribution in [0, 0.1) is 10.1 Å². The molecular weight excluding hydrogens is 136 g/mol. The summed E-state index contributed by atoms with van der Waals surface area (Å²) < 4.78 is 4.81. The molecule has 5 nitrogen and oxygen atoms in total.